The lowest BCUT2D eigenvalue weighted by atomic mass is 10.0. The van der Waals surface area contributed by atoms with Gasteiger partial charge in [-0.2, -0.15) is 5.26 Å². The van der Waals surface area contributed by atoms with E-state index < -0.39 is 11.8 Å². The molecule has 0 saturated heterocycles. The molecule has 0 aliphatic rings. The third-order valence-electron chi connectivity index (χ3n) is 5.42. The smallest absolute Gasteiger partial charge is 0.337 e. The molecular formula is C29H21FN2O4. The van der Waals surface area contributed by atoms with Gasteiger partial charge in [-0.05, 0) is 77.4 Å². The molecule has 4 aromatic rings. The van der Waals surface area contributed by atoms with Crippen LogP contribution < -0.4 is 10.1 Å². The molecule has 178 valence electrons. The number of nitrogens with zero attached hydrogens (tertiary/aromatic N) is 1. The minimum absolute atomic E-state index is 0.213. The van der Waals surface area contributed by atoms with Gasteiger partial charge in [0, 0.05) is 6.54 Å². The Bertz CT molecular complexity index is 1440. The fourth-order valence-electron chi connectivity index (χ4n) is 3.53. The first-order chi connectivity index (χ1) is 17.5. The van der Waals surface area contributed by atoms with Crippen molar-refractivity contribution in [3.8, 4) is 28.7 Å². The van der Waals surface area contributed by atoms with Gasteiger partial charge in [-0.1, -0.05) is 30.3 Å². The molecule has 0 aromatic heterocycles. The minimum Gasteiger partial charge on any atom is -0.465 e. The van der Waals surface area contributed by atoms with Crippen molar-refractivity contribution in [2.75, 3.05) is 7.11 Å². The minimum atomic E-state index is -0.439. The molecule has 0 heterocycles. The van der Waals surface area contributed by atoms with Crippen LogP contribution in [-0.4, -0.2) is 19.0 Å². The summed E-state index contributed by atoms with van der Waals surface area (Å²) >= 11 is 0. The van der Waals surface area contributed by atoms with E-state index in [9.17, 15) is 19.2 Å². The lowest BCUT2D eigenvalue weighted by Crippen LogP contribution is -2.23. The molecule has 0 unspecified atom stereocenters. The molecule has 36 heavy (non-hydrogen) atoms. The van der Waals surface area contributed by atoms with E-state index in [0.717, 1.165) is 16.7 Å². The summed E-state index contributed by atoms with van der Waals surface area (Å²) in [7, 11) is 1.31. The Morgan fingerprint density at radius 1 is 0.917 bits per heavy atom. The molecule has 0 aliphatic carbocycles. The second kappa shape index (κ2) is 11.0. The summed E-state index contributed by atoms with van der Waals surface area (Å²) in [6.07, 6.45) is 0. The number of ether oxygens (including phenoxy) is 2. The molecule has 1 amide bonds. The number of carbonyl (C=O) groups is 2. The molecule has 0 aliphatic heterocycles. The van der Waals surface area contributed by atoms with Gasteiger partial charge in [0.25, 0.3) is 5.91 Å². The number of nitrogens with one attached hydrogen (secondary N) is 1. The van der Waals surface area contributed by atoms with Gasteiger partial charge in [-0.3, -0.25) is 4.79 Å². The molecule has 0 atom stereocenters. The number of methoxy groups -OCH3 is 1. The zero-order chi connectivity index (χ0) is 25.5. The highest BCUT2D eigenvalue weighted by molar-refractivity contribution is 5.98. The summed E-state index contributed by atoms with van der Waals surface area (Å²) in [6.45, 7) is 0.213. The summed E-state index contributed by atoms with van der Waals surface area (Å²) in [6, 6.07) is 26.5. The van der Waals surface area contributed by atoms with Gasteiger partial charge in [-0.25, -0.2) is 9.18 Å². The molecular weight excluding hydrogens is 459 g/mol. The van der Waals surface area contributed by atoms with Crippen LogP contribution in [0.2, 0.25) is 0 Å². The fraction of sp³-hybridized carbons (Fsp3) is 0.0690. The Kier molecular flexibility index (Phi) is 7.37. The van der Waals surface area contributed by atoms with Crippen LogP contribution in [0.5, 0.6) is 11.5 Å². The van der Waals surface area contributed by atoms with E-state index in [0.29, 0.717) is 22.6 Å². The molecule has 0 saturated carbocycles. The summed E-state index contributed by atoms with van der Waals surface area (Å²) in [5.41, 5.74) is 3.47. The van der Waals surface area contributed by atoms with Crippen molar-refractivity contribution in [3.05, 3.63) is 119 Å². The number of esters is 1. The molecule has 0 spiro atoms. The van der Waals surface area contributed by atoms with Crippen LogP contribution in [-0.2, 0) is 11.3 Å². The van der Waals surface area contributed by atoms with Crippen molar-refractivity contribution in [1.82, 2.24) is 5.32 Å². The molecule has 0 bridgehead atoms. The monoisotopic (exact) mass is 480 g/mol. The maximum absolute atomic E-state index is 13.3. The van der Waals surface area contributed by atoms with Crippen molar-refractivity contribution in [2.24, 2.45) is 0 Å². The van der Waals surface area contributed by atoms with Crippen molar-refractivity contribution >= 4 is 11.9 Å². The lowest BCUT2D eigenvalue weighted by molar-refractivity contribution is 0.0600. The number of benzene rings is 4. The first-order valence-corrected chi connectivity index (χ1v) is 11.0. The fourth-order valence-corrected chi connectivity index (χ4v) is 3.53. The maximum atomic E-state index is 13.3. The summed E-state index contributed by atoms with van der Waals surface area (Å²) < 4.78 is 23.9. The van der Waals surface area contributed by atoms with Crippen LogP contribution in [0.3, 0.4) is 0 Å². The normalized spacial score (nSPS) is 10.2. The average Bonchev–Trinajstić information content (AvgIpc) is 2.93. The molecule has 0 radical (unpaired) electrons. The van der Waals surface area contributed by atoms with Gasteiger partial charge in [0.1, 0.15) is 17.3 Å². The van der Waals surface area contributed by atoms with Crippen molar-refractivity contribution in [2.45, 2.75) is 6.54 Å². The second-order valence-electron chi connectivity index (χ2n) is 7.83. The Labute approximate surface area is 207 Å². The molecule has 6 nitrogen and oxygen atoms in total. The molecule has 0 fully saturated rings. The number of rotatable bonds is 7. The van der Waals surface area contributed by atoms with Crippen molar-refractivity contribution < 1.29 is 23.5 Å². The van der Waals surface area contributed by atoms with Crippen LogP contribution >= 0.6 is 0 Å². The predicted molar refractivity (Wildman–Crippen MR) is 132 cm³/mol. The van der Waals surface area contributed by atoms with E-state index in [2.05, 4.69) is 11.4 Å². The Morgan fingerprint density at radius 3 is 2.33 bits per heavy atom. The molecule has 4 rings (SSSR count). The number of amides is 1. The van der Waals surface area contributed by atoms with E-state index in [1.807, 2.05) is 6.07 Å². The van der Waals surface area contributed by atoms with Crippen molar-refractivity contribution in [3.63, 3.8) is 0 Å². The molecule has 1 N–H and O–H groups in total. The first-order valence-electron chi connectivity index (χ1n) is 11.0. The van der Waals surface area contributed by atoms with Crippen molar-refractivity contribution in [1.29, 1.82) is 5.26 Å². The average molecular weight is 480 g/mol. The molecule has 7 heteroatoms. The third kappa shape index (κ3) is 5.75. The maximum Gasteiger partial charge on any atom is 0.337 e. The van der Waals surface area contributed by atoms with Crippen LogP contribution in [0, 0.1) is 17.1 Å². The zero-order valence-corrected chi connectivity index (χ0v) is 19.3. The second-order valence-corrected chi connectivity index (χ2v) is 7.83. The van der Waals surface area contributed by atoms with Crippen LogP contribution in [0.1, 0.15) is 31.8 Å². The highest BCUT2D eigenvalue weighted by atomic mass is 19.1. The topological polar surface area (TPSA) is 88.4 Å². The van der Waals surface area contributed by atoms with E-state index in [-0.39, 0.29) is 18.0 Å². The van der Waals surface area contributed by atoms with Crippen LogP contribution in [0.15, 0.2) is 91.0 Å². The largest absolute Gasteiger partial charge is 0.465 e. The van der Waals surface area contributed by atoms with Gasteiger partial charge in [-0.15, -0.1) is 0 Å². The van der Waals surface area contributed by atoms with Gasteiger partial charge < -0.3 is 14.8 Å². The van der Waals surface area contributed by atoms with E-state index in [1.165, 1.54) is 31.4 Å². The summed E-state index contributed by atoms with van der Waals surface area (Å²) in [5, 5.41) is 12.1. The number of carbonyl (C=O) groups excluding carboxylic acids is 2. The third-order valence-corrected chi connectivity index (χ3v) is 5.42. The van der Waals surface area contributed by atoms with Crippen LogP contribution in [0.25, 0.3) is 11.1 Å². The lowest BCUT2D eigenvalue weighted by Gasteiger charge is -2.14. The predicted octanol–water partition coefficient (Wildman–Crippen LogP) is 5.87. The van der Waals surface area contributed by atoms with E-state index in [4.69, 9.17) is 9.47 Å². The SMILES string of the molecule is COC(=O)c1ccc(CNC(=O)c2cc(-c3cccc(C#N)c3)ccc2Oc2ccc(F)cc2)cc1. The summed E-state index contributed by atoms with van der Waals surface area (Å²) in [4.78, 5) is 24.9. The number of nitriles is 1. The Hall–Kier alpha value is -4.96. The zero-order valence-electron chi connectivity index (χ0n) is 19.3. The number of hydrogen-bond acceptors (Lipinski definition) is 5. The first kappa shape index (κ1) is 24.2. The highest BCUT2D eigenvalue weighted by Crippen LogP contribution is 2.31. The Morgan fingerprint density at radius 2 is 1.64 bits per heavy atom. The summed E-state index contributed by atoms with van der Waals surface area (Å²) in [5.74, 6) is -0.553. The quantitative estimate of drug-likeness (QED) is 0.334. The van der Waals surface area contributed by atoms with Crippen LogP contribution in [0.4, 0.5) is 4.39 Å². The van der Waals surface area contributed by atoms with Gasteiger partial charge >= 0.3 is 5.97 Å². The number of halogens is 1. The van der Waals surface area contributed by atoms with Gasteiger partial charge in [0.15, 0.2) is 0 Å². The van der Waals surface area contributed by atoms with Gasteiger partial charge in [0.05, 0.1) is 29.9 Å². The standard InChI is InChI=1S/C29H21FN2O4/c1-35-29(34)21-7-5-19(6-8-21)18-32-28(33)26-16-23(22-4-2-3-20(15-22)17-31)9-14-27(26)36-25-12-10-24(30)11-13-25/h2-16H,18H2,1H3,(H,32,33). The molecule has 4 aromatic carbocycles. The van der Waals surface area contributed by atoms with E-state index in [1.54, 1.807) is 60.7 Å². The number of hydrogen-bond donors (Lipinski definition) is 1. The van der Waals surface area contributed by atoms with Gasteiger partial charge in [0.2, 0.25) is 0 Å². The highest BCUT2D eigenvalue weighted by Gasteiger charge is 2.16. The Balaban J connectivity index is 1.61. The van der Waals surface area contributed by atoms with E-state index >= 15 is 0 Å².